The molecule has 0 radical (unpaired) electrons. The average Bonchev–Trinajstić information content (AvgIpc) is 2.28. The van der Waals surface area contributed by atoms with Crippen molar-refractivity contribution in [1.29, 1.82) is 0 Å². The number of hydrogen-bond donors (Lipinski definition) is 1. The van der Waals surface area contributed by atoms with Crippen molar-refractivity contribution >= 4 is 0 Å². The van der Waals surface area contributed by atoms with E-state index in [4.69, 9.17) is 5.73 Å². The Morgan fingerprint density at radius 1 is 1.06 bits per heavy atom. The molecule has 5 heteroatoms. The van der Waals surface area contributed by atoms with Crippen LogP contribution in [0.25, 0.3) is 0 Å². The molecule has 0 aromatic rings. The zero-order valence-corrected chi connectivity index (χ0v) is 10.8. The Labute approximate surface area is 107 Å². The van der Waals surface area contributed by atoms with Crippen molar-refractivity contribution in [3.8, 4) is 0 Å². The topological polar surface area (TPSA) is 29.3 Å². The number of alkyl halides is 3. The molecule has 1 heterocycles. The van der Waals surface area contributed by atoms with Crippen molar-refractivity contribution in [2.24, 2.45) is 17.6 Å². The Balaban J connectivity index is 1.73. The monoisotopic (exact) mass is 264 g/mol. The summed E-state index contributed by atoms with van der Waals surface area (Å²) in [5.41, 5.74) is 5.94. The first-order chi connectivity index (χ1) is 8.45. The summed E-state index contributed by atoms with van der Waals surface area (Å²) in [5, 5.41) is 0. The predicted molar refractivity (Wildman–Crippen MR) is 65.2 cm³/mol. The number of nitrogens with two attached hydrogens (primary N) is 1. The number of likely N-dealkylation sites (tertiary alicyclic amines) is 1. The van der Waals surface area contributed by atoms with Crippen molar-refractivity contribution in [2.75, 3.05) is 19.6 Å². The van der Waals surface area contributed by atoms with E-state index in [1.165, 1.54) is 12.8 Å². The van der Waals surface area contributed by atoms with Crippen LogP contribution in [0.4, 0.5) is 13.2 Å². The quantitative estimate of drug-likeness (QED) is 0.831. The first-order valence-electron chi connectivity index (χ1n) is 7.00. The summed E-state index contributed by atoms with van der Waals surface area (Å²) in [6.07, 6.45) is 1.04. The normalized spacial score (nSPS) is 32.7. The first kappa shape index (κ1) is 14.1. The second-order valence-corrected chi connectivity index (χ2v) is 5.91. The van der Waals surface area contributed by atoms with Crippen LogP contribution in [0.1, 0.15) is 38.5 Å². The standard InChI is InChI=1S/C13H23F3N2/c14-13(15,16)11-4-6-18(7-5-11)9-10-2-1-3-12(17)8-10/h10-12H,1-9,17H2. The van der Waals surface area contributed by atoms with Gasteiger partial charge in [0, 0.05) is 12.6 Å². The van der Waals surface area contributed by atoms with Crippen molar-refractivity contribution in [2.45, 2.75) is 50.7 Å². The Morgan fingerprint density at radius 3 is 2.28 bits per heavy atom. The maximum absolute atomic E-state index is 12.5. The van der Waals surface area contributed by atoms with E-state index in [-0.39, 0.29) is 12.8 Å². The molecule has 1 saturated carbocycles. The van der Waals surface area contributed by atoms with Crippen LogP contribution in [0, 0.1) is 11.8 Å². The fourth-order valence-corrected chi connectivity index (χ4v) is 3.31. The second-order valence-electron chi connectivity index (χ2n) is 5.91. The third-order valence-corrected chi connectivity index (χ3v) is 4.39. The number of rotatable bonds is 2. The highest BCUT2D eigenvalue weighted by Crippen LogP contribution is 2.34. The highest BCUT2D eigenvalue weighted by Gasteiger charge is 2.41. The lowest BCUT2D eigenvalue weighted by atomic mass is 9.85. The van der Waals surface area contributed by atoms with Gasteiger partial charge in [-0.25, -0.2) is 0 Å². The third kappa shape index (κ3) is 3.85. The van der Waals surface area contributed by atoms with Gasteiger partial charge < -0.3 is 10.6 Å². The first-order valence-corrected chi connectivity index (χ1v) is 7.00. The molecule has 2 rings (SSSR count). The lowest BCUT2D eigenvalue weighted by Crippen LogP contribution is -2.42. The second kappa shape index (κ2) is 5.78. The summed E-state index contributed by atoms with van der Waals surface area (Å²) in [4.78, 5) is 2.20. The van der Waals surface area contributed by atoms with E-state index in [0.29, 0.717) is 25.0 Å². The lowest BCUT2D eigenvalue weighted by Gasteiger charge is -2.36. The minimum Gasteiger partial charge on any atom is -0.328 e. The van der Waals surface area contributed by atoms with E-state index in [1.54, 1.807) is 0 Å². The van der Waals surface area contributed by atoms with Crippen molar-refractivity contribution in [3.63, 3.8) is 0 Å². The Morgan fingerprint density at radius 2 is 1.72 bits per heavy atom. The number of piperidine rings is 1. The molecule has 2 atom stereocenters. The Bertz CT molecular complexity index is 259. The van der Waals surface area contributed by atoms with Gasteiger partial charge in [0.15, 0.2) is 0 Å². The van der Waals surface area contributed by atoms with Crippen molar-refractivity contribution in [1.82, 2.24) is 4.90 Å². The molecule has 18 heavy (non-hydrogen) atoms. The molecule has 0 spiro atoms. The molecule has 1 saturated heterocycles. The lowest BCUT2D eigenvalue weighted by molar-refractivity contribution is -0.185. The summed E-state index contributed by atoms with van der Waals surface area (Å²) in [5.74, 6) is -0.487. The molecule has 2 nitrogen and oxygen atoms in total. The number of hydrogen-bond acceptors (Lipinski definition) is 2. The fourth-order valence-electron chi connectivity index (χ4n) is 3.31. The van der Waals surface area contributed by atoms with Gasteiger partial charge in [0.2, 0.25) is 0 Å². The summed E-state index contributed by atoms with van der Waals surface area (Å²) in [6.45, 7) is 2.13. The summed E-state index contributed by atoms with van der Waals surface area (Å²) in [7, 11) is 0. The predicted octanol–water partition coefficient (Wildman–Crippen LogP) is 2.78. The molecule has 2 fully saturated rings. The van der Waals surface area contributed by atoms with E-state index >= 15 is 0 Å². The fraction of sp³-hybridized carbons (Fsp3) is 1.00. The van der Waals surface area contributed by atoms with Gasteiger partial charge >= 0.3 is 6.18 Å². The van der Waals surface area contributed by atoms with Gasteiger partial charge in [-0.05, 0) is 51.1 Å². The number of halogens is 3. The molecular weight excluding hydrogens is 241 g/mol. The van der Waals surface area contributed by atoms with Crippen LogP contribution in [-0.2, 0) is 0 Å². The molecular formula is C13H23F3N2. The molecule has 106 valence electrons. The average molecular weight is 264 g/mol. The molecule has 0 aromatic heterocycles. The highest BCUT2D eigenvalue weighted by molar-refractivity contribution is 4.81. The minimum atomic E-state index is -4.00. The van der Waals surface area contributed by atoms with Crippen LogP contribution in [0.5, 0.6) is 0 Å². The number of nitrogens with zero attached hydrogens (tertiary/aromatic N) is 1. The van der Waals surface area contributed by atoms with Crippen LogP contribution in [-0.4, -0.2) is 36.8 Å². The Hall–Kier alpha value is -0.290. The van der Waals surface area contributed by atoms with E-state index in [2.05, 4.69) is 4.90 Å². The SMILES string of the molecule is NC1CCCC(CN2CCC(C(F)(F)F)CC2)C1. The van der Waals surface area contributed by atoms with Gasteiger partial charge in [-0.1, -0.05) is 6.42 Å². The van der Waals surface area contributed by atoms with E-state index < -0.39 is 12.1 Å². The van der Waals surface area contributed by atoms with Crippen LogP contribution in [0.3, 0.4) is 0 Å². The van der Waals surface area contributed by atoms with E-state index in [1.807, 2.05) is 0 Å². The van der Waals surface area contributed by atoms with Gasteiger partial charge in [-0.2, -0.15) is 13.2 Å². The van der Waals surface area contributed by atoms with Gasteiger partial charge in [0.1, 0.15) is 0 Å². The molecule has 2 aliphatic rings. The largest absolute Gasteiger partial charge is 0.391 e. The maximum Gasteiger partial charge on any atom is 0.391 e. The third-order valence-electron chi connectivity index (χ3n) is 4.39. The molecule has 0 bridgehead atoms. The molecule has 1 aliphatic carbocycles. The maximum atomic E-state index is 12.5. The van der Waals surface area contributed by atoms with Crippen molar-refractivity contribution < 1.29 is 13.2 Å². The van der Waals surface area contributed by atoms with Gasteiger partial charge in [0.25, 0.3) is 0 Å². The molecule has 2 N–H and O–H groups in total. The van der Waals surface area contributed by atoms with E-state index in [0.717, 1.165) is 19.4 Å². The van der Waals surface area contributed by atoms with Gasteiger partial charge in [0.05, 0.1) is 5.92 Å². The smallest absolute Gasteiger partial charge is 0.328 e. The highest BCUT2D eigenvalue weighted by atomic mass is 19.4. The molecule has 0 aromatic carbocycles. The zero-order valence-electron chi connectivity index (χ0n) is 10.8. The molecule has 1 aliphatic heterocycles. The van der Waals surface area contributed by atoms with Gasteiger partial charge in [-0.15, -0.1) is 0 Å². The molecule has 2 unspecified atom stereocenters. The van der Waals surface area contributed by atoms with Crippen LogP contribution in [0.15, 0.2) is 0 Å². The van der Waals surface area contributed by atoms with Gasteiger partial charge in [-0.3, -0.25) is 0 Å². The van der Waals surface area contributed by atoms with Crippen LogP contribution < -0.4 is 5.73 Å². The van der Waals surface area contributed by atoms with Crippen LogP contribution in [0.2, 0.25) is 0 Å². The Kier molecular flexibility index (Phi) is 4.54. The van der Waals surface area contributed by atoms with Crippen molar-refractivity contribution in [3.05, 3.63) is 0 Å². The summed E-state index contributed by atoms with van der Waals surface area (Å²) >= 11 is 0. The van der Waals surface area contributed by atoms with Crippen LogP contribution >= 0.6 is 0 Å². The minimum absolute atomic E-state index is 0.266. The van der Waals surface area contributed by atoms with E-state index in [9.17, 15) is 13.2 Å². The summed E-state index contributed by atoms with van der Waals surface area (Å²) in [6, 6.07) is 0.302. The summed E-state index contributed by atoms with van der Waals surface area (Å²) < 4.78 is 37.6. The molecule has 0 amide bonds. The zero-order chi connectivity index (χ0) is 13.2.